The molecule has 0 radical (unpaired) electrons. The standard InChI is InChI=1S/C14H21NO/c1-4-15-9-13-8-7-12-6-5-10(2)11(3)14(12)16-13/h5-6,13,15H,4,7-9H2,1-3H3. The third kappa shape index (κ3) is 2.22. The Morgan fingerprint density at radius 2 is 2.19 bits per heavy atom. The molecule has 0 bridgehead atoms. The van der Waals surface area contributed by atoms with Gasteiger partial charge in [0, 0.05) is 6.54 Å². The average Bonchev–Trinajstić information content (AvgIpc) is 2.31. The van der Waals surface area contributed by atoms with Crippen LogP contribution in [0.3, 0.4) is 0 Å². The van der Waals surface area contributed by atoms with Crippen molar-refractivity contribution in [1.29, 1.82) is 0 Å². The largest absolute Gasteiger partial charge is 0.489 e. The first-order chi connectivity index (χ1) is 7.72. The smallest absolute Gasteiger partial charge is 0.126 e. The van der Waals surface area contributed by atoms with Crippen LogP contribution in [-0.4, -0.2) is 19.2 Å². The summed E-state index contributed by atoms with van der Waals surface area (Å²) < 4.78 is 6.08. The molecule has 1 atom stereocenters. The van der Waals surface area contributed by atoms with E-state index in [1.54, 1.807) is 0 Å². The topological polar surface area (TPSA) is 21.3 Å². The molecule has 2 rings (SSSR count). The van der Waals surface area contributed by atoms with E-state index in [4.69, 9.17) is 4.74 Å². The minimum Gasteiger partial charge on any atom is -0.489 e. The number of fused-ring (bicyclic) bond motifs is 1. The van der Waals surface area contributed by atoms with Crippen LogP contribution in [0.5, 0.6) is 5.75 Å². The molecule has 1 N–H and O–H groups in total. The minimum atomic E-state index is 0.341. The van der Waals surface area contributed by atoms with Crippen LogP contribution in [0, 0.1) is 13.8 Å². The van der Waals surface area contributed by atoms with E-state index in [1.165, 1.54) is 16.7 Å². The van der Waals surface area contributed by atoms with Gasteiger partial charge in [0.1, 0.15) is 11.9 Å². The van der Waals surface area contributed by atoms with Crippen molar-refractivity contribution in [2.45, 2.75) is 39.7 Å². The molecule has 0 amide bonds. The van der Waals surface area contributed by atoms with Gasteiger partial charge < -0.3 is 10.1 Å². The summed E-state index contributed by atoms with van der Waals surface area (Å²) >= 11 is 0. The number of benzene rings is 1. The van der Waals surface area contributed by atoms with Crippen LogP contribution >= 0.6 is 0 Å². The quantitative estimate of drug-likeness (QED) is 0.843. The predicted molar refractivity (Wildman–Crippen MR) is 67.2 cm³/mol. The van der Waals surface area contributed by atoms with Gasteiger partial charge in [0.2, 0.25) is 0 Å². The van der Waals surface area contributed by atoms with E-state index < -0.39 is 0 Å². The second-order valence-electron chi connectivity index (χ2n) is 4.58. The van der Waals surface area contributed by atoms with E-state index in [2.05, 4.69) is 38.2 Å². The highest BCUT2D eigenvalue weighted by Crippen LogP contribution is 2.32. The maximum absolute atomic E-state index is 6.08. The Morgan fingerprint density at radius 3 is 2.94 bits per heavy atom. The summed E-state index contributed by atoms with van der Waals surface area (Å²) in [6, 6.07) is 4.41. The van der Waals surface area contributed by atoms with Crippen LogP contribution in [0.1, 0.15) is 30.0 Å². The zero-order valence-electron chi connectivity index (χ0n) is 10.5. The fourth-order valence-corrected chi connectivity index (χ4v) is 2.20. The number of likely N-dealkylation sites (N-methyl/N-ethyl adjacent to an activating group) is 1. The molecule has 1 aromatic rings. The highest BCUT2D eigenvalue weighted by Gasteiger charge is 2.21. The first-order valence-electron chi connectivity index (χ1n) is 6.18. The van der Waals surface area contributed by atoms with Crippen LogP contribution < -0.4 is 10.1 Å². The highest BCUT2D eigenvalue weighted by atomic mass is 16.5. The normalized spacial score (nSPS) is 19.1. The molecule has 1 heterocycles. The summed E-state index contributed by atoms with van der Waals surface area (Å²) in [7, 11) is 0. The van der Waals surface area contributed by atoms with Gasteiger partial charge in [-0.15, -0.1) is 0 Å². The molecule has 1 aliphatic heterocycles. The summed E-state index contributed by atoms with van der Waals surface area (Å²) in [6.07, 6.45) is 2.61. The molecule has 2 heteroatoms. The van der Waals surface area contributed by atoms with Gasteiger partial charge in [-0.3, -0.25) is 0 Å². The number of aryl methyl sites for hydroxylation is 2. The molecule has 0 aliphatic carbocycles. The van der Waals surface area contributed by atoms with Gasteiger partial charge in [0.15, 0.2) is 0 Å². The van der Waals surface area contributed by atoms with E-state index in [0.717, 1.165) is 31.7 Å². The number of nitrogens with one attached hydrogen (secondary N) is 1. The Hall–Kier alpha value is -1.02. The lowest BCUT2D eigenvalue weighted by Crippen LogP contribution is -2.34. The van der Waals surface area contributed by atoms with Crippen LogP contribution in [0.2, 0.25) is 0 Å². The molecular formula is C14H21NO. The lowest BCUT2D eigenvalue weighted by atomic mass is 9.97. The molecule has 0 spiro atoms. The van der Waals surface area contributed by atoms with Crippen molar-refractivity contribution in [2.75, 3.05) is 13.1 Å². The van der Waals surface area contributed by atoms with Gasteiger partial charge in [-0.05, 0) is 49.9 Å². The van der Waals surface area contributed by atoms with Gasteiger partial charge in [0.25, 0.3) is 0 Å². The molecule has 16 heavy (non-hydrogen) atoms. The van der Waals surface area contributed by atoms with Crippen LogP contribution in [-0.2, 0) is 6.42 Å². The van der Waals surface area contributed by atoms with Gasteiger partial charge >= 0.3 is 0 Å². The first-order valence-corrected chi connectivity index (χ1v) is 6.18. The molecule has 1 aromatic carbocycles. The molecule has 0 saturated heterocycles. The molecule has 1 unspecified atom stereocenters. The minimum absolute atomic E-state index is 0.341. The SMILES string of the molecule is CCNCC1CCc2ccc(C)c(C)c2O1. The maximum atomic E-state index is 6.08. The summed E-state index contributed by atoms with van der Waals surface area (Å²) in [5, 5.41) is 3.36. The third-order valence-corrected chi connectivity index (χ3v) is 3.40. The number of hydrogen-bond donors (Lipinski definition) is 1. The molecule has 0 saturated carbocycles. The zero-order valence-corrected chi connectivity index (χ0v) is 10.5. The van der Waals surface area contributed by atoms with Crippen LogP contribution in [0.25, 0.3) is 0 Å². The van der Waals surface area contributed by atoms with Crippen molar-refractivity contribution in [3.8, 4) is 5.75 Å². The fourth-order valence-electron chi connectivity index (χ4n) is 2.20. The van der Waals surface area contributed by atoms with Crippen molar-refractivity contribution in [3.63, 3.8) is 0 Å². The lowest BCUT2D eigenvalue weighted by Gasteiger charge is -2.28. The summed E-state index contributed by atoms with van der Waals surface area (Å²) in [5.74, 6) is 1.13. The fraction of sp³-hybridized carbons (Fsp3) is 0.571. The van der Waals surface area contributed by atoms with Crippen molar-refractivity contribution in [1.82, 2.24) is 5.32 Å². The average molecular weight is 219 g/mol. The van der Waals surface area contributed by atoms with E-state index in [1.807, 2.05) is 0 Å². The van der Waals surface area contributed by atoms with Crippen LogP contribution in [0.4, 0.5) is 0 Å². The van der Waals surface area contributed by atoms with Crippen LogP contribution in [0.15, 0.2) is 12.1 Å². The second-order valence-corrected chi connectivity index (χ2v) is 4.58. The van der Waals surface area contributed by atoms with E-state index in [-0.39, 0.29) is 0 Å². The Balaban J connectivity index is 2.15. The second kappa shape index (κ2) is 4.88. The molecule has 0 aromatic heterocycles. The monoisotopic (exact) mass is 219 g/mol. The predicted octanol–water partition coefficient (Wildman–Crippen LogP) is 2.61. The number of hydrogen-bond acceptors (Lipinski definition) is 2. The van der Waals surface area contributed by atoms with Crippen molar-refractivity contribution in [2.24, 2.45) is 0 Å². The Labute approximate surface area is 98.0 Å². The highest BCUT2D eigenvalue weighted by molar-refractivity contribution is 5.46. The summed E-state index contributed by atoms with van der Waals surface area (Å²) in [5.41, 5.74) is 4.00. The van der Waals surface area contributed by atoms with Gasteiger partial charge in [0.05, 0.1) is 0 Å². The van der Waals surface area contributed by atoms with Crippen molar-refractivity contribution in [3.05, 3.63) is 28.8 Å². The summed E-state index contributed by atoms with van der Waals surface area (Å²) in [6.45, 7) is 8.41. The molecule has 2 nitrogen and oxygen atoms in total. The maximum Gasteiger partial charge on any atom is 0.126 e. The zero-order chi connectivity index (χ0) is 11.5. The third-order valence-electron chi connectivity index (χ3n) is 3.40. The number of ether oxygens (including phenoxy) is 1. The van der Waals surface area contributed by atoms with E-state index >= 15 is 0 Å². The number of rotatable bonds is 3. The molecule has 88 valence electrons. The van der Waals surface area contributed by atoms with E-state index in [0.29, 0.717) is 6.10 Å². The molecule has 1 aliphatic rings. The van der Waals surface area contributed by atoms with Gasteiger partial charge in [-0.1, -0.05) is 19.1 Å². The van der Waals surface area contributed by atoms with Gasteiger partial charge in [-0.25, -0.2) is 0 Å². The van der Waals surface area contributed by atoms with E-state index in [9.17, 15) is 0 Å². The Bertz CT molecular complexity index is 373. The molecule has 0 fully saturated rings. The summed E-state index contributed by atoms with van der Waals surface area (Å²) in [4.78, 5) is 0. The van der Waals surface area contributed by atoms with Gasteiger partial charge in [-0.2, -0.15) is 0 Å². The Kier molecular flexibility index (Phi) is 3.49. The van der Waals surface area contributed by atoms with Crippen molar-refractivity contribution >= 4 is 0 Å². The van der Waals surface area contributed by atoms with Crippen molar-refractivity contribution < 1.29 is 4.74 Å². The first kappa shape index (κ1) is 11.5. The Morgan fingerprint density at radius 1 is 1.38 bits per heavy atom. The lowest BCUT2D eigenvalue weighted by molar-refractivity contribution is 0.170. The molecular weight excluding hydrogens is 198 g/mol.